The van der Waals surface area contributed by atoms with Crippen LogP contribution in [0.5, 0.6) is 0 Å². The number of nitrogens with zero attached hydrogens (tertiary/aromatic N) is 4. The smallest absolute Gasteiger partial charge is 0.226 e. The number of benzene rings is 2. The molecule has 1 saturated heterocycles. The lowest BCUT2D eigenvalue weighted by atomic mass is 10.0. The number of halogens is 1. The number of aromatic nitrogens is 2. The van der Waals surface area contributed by atoms with Crippen molar-refractivity contribution >= 4 is 23.3 Å². The van der Waals surface area contributed by atoms with Gasteiger partial charge in [-0.25, -0.2) is 9.97 Å². The standard InChI is InChI=1S/C28H31ClN4O/c1-19-24(17-21-9-11-23(29)12-10-21)27(31-20(2)30-19)32-13-6-14-33(16-15-32)28(34)26-18-25(26)22-7-4-3-5-8-22/h3-5,7-12,25-26H,6,13-18H2,1-2H3. The zero-order valence-electron chi connectivity index (χ0n) is 19.9. The third-order valence-electron chi connectivity index (χ3n) is 7.04. The van der Waals surface area contributed by atoms with Crippen LogP contribution in [0.4, 0.5) is 5.82 Å². The van der Waals surface area contributed by atoms with Crippen LogP contribution in [0.15, 0.2) is 54.6 Å². The number of aryl methyl sites for hydroxylation is 2. The Morgan fingerprint density at radius 2 is 1.74 bits per heavy atom. The van der Waals surface area contributed by atoms with Gasteiger partial charge in [-0.3, -0.25) is 4.79 Å². The molecule has 2 atom stereocenters. The molecule has 1 aliphatic heterocycles. The number of hydrogen-bond acceptors (Lipinski definition) is 4. The van der Waals surface area contributed by atoms with E-state index in [1.54, 1.807) is 0 Å². The summed E-state index contributed by atoms with van der Waals surface area (Å²) in [7, 11) is 0. The van der Waals surface area contributed by atoms with Crippen molar-refractivity contribution in [3.05, 3.63) is 87.8 Å². The van der Waals surface area contributed by atoms with E-state index in [4.69, 9.17) is 16.6 Å². The van der Waals surface area contributed by atoms with E-state index in [-0.39, 0.29) is 5.92 Å². The molecule has 1 saturated carbocycles. The van der Waals surface area contributed by atoms with Crippen molar-refractivity contribution < 1.29 is 4.79 Å². The Labute approximate surface area is 206 Å². The molecule has 1 aliphatic carbocycles. The molecule has 2 unspecified atom stereocenters. The van der Waals surface area contributed by atoms with Gasteiger partial charge in [0.1, 0.15) is 11.6 Å². The number of hydrogen-bond donors (Lipinski definition) is 0. The predicted octanol–water partition coefficient (Wildman–Crippen LogP) is 5.18. The molecule has 5 nitrogen and oxygen atoms in total. The van der Waals surface area contributed by atoms with Crippen LogP contribution in [0.2, 0.25) is 5.02 Å². The summed E-state index contributed by atoms with van der Waals surface area (Å²) < 4.78 is 0. The first kappa shape index (κ1) is 22.9. The molecule has 2 aliphatic rings. The fourth-order valence-corrected chi connectivity index (χ4v) is 5.24. The molecule has 3 aromatic rings. The molecule has 34 heavy (non-hydrogen) atoms. The highest BCUT2D eigenvalue weighted by Crippen LogP contribution is 2.48. The fraction of sp³-hybridized carbons (Fsp3) is 0.393. The van der Waals surface area contributed by atoms with Crippen molar-refractivity contribution in [2.45, 2.75) is 39.0 Å². The molecular weight excluding hydrogens is 444 g/mol. The minimum atomic E-state index is 0.137. The van der Waals surface area contributed by atoms with Crippen molar-refractivity contribution in [2.75, 3.05) is 31.1 Å². The first-order valence-electron chi connectivity index (χ1n) is 12.2. The second-order valence-corrected chi connectivity index (χ2v) is 9.92. The monoisotopic (exact) mass is 474 g/mol. The van der Waals surface area contributed by atoms with Crippen molar-refractivity contribution in [3.63, 3.8) is 0 Å². The third kappa shape index (κ3) is 4.95. The van der Waals surface area contributed by atoms with Crippen molar-refractivity contribution in [3.8, 4) is 0 Å². The summed E-state index contributed by atoms with van der Waals surface area (Å²) in [5, 5.41) is 0.739. The van der Waals surface area contributed by atoms with Crippen LogP contribution >= 0.6 is 11.6 Å². The Balaban J connectivity index is 1.30. The van der Waals surface area contributed by atoms with Gasteiger partial charge in [-0.05, 0) is 55.9 Å². The maximum Gasteiger partial charge on any atom is 0.226 e. The summed E-state index contributed by atoms with van der Waals surface area (Å²) in [6.45, 7) is 7.24. The van der Waals surface area contributed by atoms with Gasteiger partial charge in [0.05, 0.1) is 0 Å². The second kappa shape index (κ2) is 9.75. The normalized spacial score (nSPS) is 20.2. The maximum atomic E-state index is 13.3. The predicted molar refractivity (Wildman–Crippen MR) is 136 cm³/mol. The van der Waals surface area contributed by atoms with Crippen LogP contribution in [0.3, 0.4) is 0 Å². The minimum Gasteiger partial charge on any atom is -0.354 e. The Morgan fingerprint density at radius 1 is 0.971 bits per heavy atom. The number of anilines is 1. The SMILES string of the molecule is Cc1nc(C)c(Cc2ccc(Cl)cc2)c(N2CCCN(C(=O)C3CC3c3ccccc3)CC2)n1. The fourth-order valence-electron chi connectivity index (χ4n) is 5.11. The van der Waals surface area contributed by atoms with E-state index < -0.39 is 0 Å². The average molecular weight is 475 g/mol. The molecule has 0 N–H and O–H groups in total. The molecule has 2 heterocycles. The summed E-state index contributed by atoms with van der Waals surface area (Å²) in [4.78, 5) is 27.2. The molecule has 2 fully saturated rings. The molecule has 0 spiro atoms. The van der Waals surface area contributed by atoms with Gasteiger partial charge < -0.3 is 9.80 Å². The van der Waals surface area contributed by atoms with Crippen LogP contribution in [0.25, 0.3) is 0 Å². The van der Waals surface area contributed by atoms with Crippen LogP contribution < -0.4 is 4.90 Å². The quantitative estimate of drug-likeness (QED) is 0.511. The van der Waals surface area contributed by atoms with E-state index >= 15 is 0 Å². The molecule has 1 aromatic heterocycles. The molecule has 1 amide bonds. The van der Waals surface area contributed by atoms with Gasteiger partial charge in [0, 0.05) is 54.8 Å². The van der Waals surface area contributed by atoms with Crippen LogP contribution in [-0.2, 0) is 11.2 Å². The first-order valence-corrected chi connectivity index (χ1v) is 12.5. The number of carbonyl (C=O) groups excluding carboxylic acids is 1. The van der Waals surface area contributed by atoms with Gasteiger partial charge >= 0.3 is 0 Å². The molecular formula is C28H31ClN4O. The lowest BCUT2D eigenvalue weighted by Crippen LogP contribution is -2.36. The first-order chi connectivity index (χ1) is 16.5. The third-order valence-corrected chi connectivity index (χ3v) is 7.29. The Bertz CT molecular complexity index is 1170. The van der Waals surface area contributed by atoms with E-state index in [9.17, 15) is 4.79 Å². The zero-order chi connectivity index (χ0) is 23.7. The highest BCUT2D eigenvalue weighted by molar-refractivity contribution is 6.30. The second-order valence-electron chi connectivity index (χ2n) is 9.49. The zero-order valence-corrected chi connectivity index (χ0v) is 20.6. The molecule has 0 bridgehead atoms. The summed E-state index contributed by atoms with van der Waals surface area (Å²) in [6.07, 6.45) is 2.67. The van der Waals surface area contributed by atoms with E-state index in [1.807, 2.05) is 25.1 Å². The number of amides is 1. The van der Waals surface area contributed by atoms with Gasteiger partial charge in [-0.15, -0.1) is 0 Å². The van der Waals surface area contributed by atoms with Crippen molar-refractivity contribution in [1.29, 1.82) is 0 Å². The molecule has 5 rings (SSSR count). The molecule has 2 aromatic carbocycles. The largest absolute Gasteiger partial charge is 0.354 e. The Hall–Kier alpha value is -2.92. The van der Waals surface area contributed by atoms with Crippen LogP contribution in [0.1, 0.15) is 47.0 Å². The highest BCUT2D eigenvalue weighted by atomic mass is 35.5. The molecule has 6 heteroatoms. The molecule has 176 valence electrons. The van der Waals surface area contributed by atoms with Crippen molar-refractivity contribution in [2.24, 2.45) is 5.92 Å². The average Bonchev–Trinajstić information content (AvgIpc) is 3.66. The Kier molecular flexibility index (Phi) is 6.55. The topological polar surface area (TPSA) is 49.3 Å². The highest BCUT2D eigenvalue weighted by Gasteiger charge is 2.45. The van der Waals surface area contributed by atoms with Crippen molar-refractivity contribution in [1.82, 2.24) is 14.9 Å². The lowest BCUT2D eigenvalue weighted by Gasteiger charge is -2.26. The van der Waals surface area contributed by atoms with Gasteiger partial charge in [0.2, 0.25) is 5.91 Å². The van der Waals surface area contributed by atoms with Gasteiger partial charge in [0.25, 0.3) is 0 Å². The van der Waals surface area contributed by atoms with E-state index in [0.717, 1.165) is 73.4 Å². The summed E-state index contributed by atoms with van der Waals surface area (Å²) in [5.41, 5.74) is 4.64. The summed E-state index contributed by atoms with van der Waals surface area (Å²) in [6, 6.07) is 18.4. The van der Waals surface area contributed by atoms with E-state index in [0.29, 0.717) is 11.8 Å². The van der Waals surface area contributed by atoms with Gasteiger partial charge in [-0.2, -0.15) is 0 Å². The lowest BCUT2D eigenvalue weighted by molar-refractivity contribution is -0.132. The number of rotatable bonds is 5. The van der Waals surface area contributed by atoms with E-state index in [2.05, 4.69) is 58.1 Å². The minimum absolute atomic E-state index is 0.137. The summed E-state index contributed by atoms with van der Waals surface area (Å²) >= 11 is 6.08. The number of carbonyl (C=O) groups is 1. The van der Waals surface area contributed by atoms with Crippen LogP contribution in [0, 0.1) is 19.8 Å². The maximum absolute atomic E-state index is 13.3. The van der Waals surface area contributed by atoms with Crippen LogP contribution in [-0.4, -0.2) is 47.0 Å². The summed E-state index contributed by atoms with van der Waals surface area (Å²) in [5.74, 6) is 2.62. The van der Waals surface area contributed by atoms with E-state index in [1.165, 1.54) is 11.1 Å². The molecule has 0 radical (unpaired) electrons. The van der Waals surface area contributed by atoms with Gasteiger partial charge in [0.15, 0.2) is 0 Å². The van der Waals surface area contributed by atoms with Gasteiger partial charge in [-0.1, -0.05) is 54.1 Å². The Morgan fingerprint density at radius 3 is 2.50 bits per heavy atom.